The van der Waals surface area contributed by atoms with E-state index in [0.29, 0.717) is 0 Å². The minimum Gasteiger partial charge on any atom is -0.309 e. The Morgan fingerprint density at radius 1 is 0.389 bits per heavy atom. The molecule has 0 saturated carbocycles. The summed E-state index contributed by atoms with van der Waals surface area (Å²) in [5.41, 5.74) is 4.78. The number of hydrogen-bond acceptors (Lipinski definition) is 1. The predicted octanol–water partition coefficient (Wildman–Crippen LogP) is 10.1. The molecule has 0 aliphatic heterocycles. The number of benzene rings is 7. The Hall–Kier alpha value is -4.62. The van der Waals surface area contributed by atoms with Crippen molar-refractivity contribution in [3.8, 4) is 0 Å². The van der Waals surface area contributed by atoms with Crippen LogP contribution in [0.5, 0.6) is 0 Å². The van der Waals surface area contributed by atoms with E-state index in [1.54, 1.807) is 0 Å². The zero-order valence-corrected chi connectivity index (χ0v) is 20.1. The van der Waals surface area contributed by atoms with Crippen molar-refractivity contribution >= 4 is 60.2 Å². The van der Waals surface area contributed by atoms with Gasteiger partial charge in [0.1, 0.15) is 0 Å². The molecule has 0 bridgehead atoms. The number of hydrogen-bond donors (Lipinski definition) is 0. The molecule has 0 saturated heterocycles. The quantitative estimate of drug-likeness (QED) is 0.238. The average molecular weight is 460 g/mol. The molecule has 0 heterocycles. The van der Waals surface area contributed by atoms with E-state index >= 15 is 0 Å². The maximum atomic E-state index is 2.44. The fourth-order valence-electron chi connectivity index (χ4n) is 5.61. The van der Waals surface area contributed by atoms with Gasteiger partial charge in [0.2, 0.25) is 0 Å². The first-order valence-electron chi connectivity index (χ1n) is 12.5. The van der Waals surface area contributed by atoms with Crippen LogP contribution in [0.3, 0.4) is 0 Å². The van der Waals surface area contributed by atoms with Crippen LogP contribution in [-0.4, -0.2) is 0 Å². The van der Waals surface area contributed by atoms with Gasteiger partial charge in [0, 0.05) is 16.5 Å². The van der Waals surface area contributed by atoms with Crippen LogP contribution in [0.1, 0.15) is 5.56 Å². The maximum Gasteiger partial charge on any atom is 0.0546 e. The Balaban J connectivity index is 1.61. The number of anilines is 3. The molecule has 0 atom stereocenters. The zero-order chi connectivity index (χ0) is 24.1. The summed E-state index contributed by atoms with van der Waals surface area (Å²) in [7, 11) is 0. The van der Waals surface area contributed by atoms with Crippen molar-refractivity contribution in [3.05, 3.63) is 139 Å². The smallest absolute Gasteiger partial charge is 0.0546 e. The Bertz CT molecular complexity index is 1910. The van der Waals surface area contributed by atoms with Gasteiger partial charge in [0.25, 0.3) is 0 Å². The summed E-state index contributed by atoms with van der Waals surface area (Å²) >= 11 is 0. The lowest BCUT2D eigenvalue weighted by molar-refractivity contribution is 1.30. The average Bonchev–Trinajstić information content (AvgIpc) is 2.93. The van der Waals surface area contributed by atoms with Gasteiger partial charge in [-0.15, -0.1) is 0 Å². The molecule has 1 heteroatoms. The first-order valence-corrected chi connectivity index (χ1v) is 12.5. The van der Waals surface area contributed by atoms with Crippen LogP contribution >= 0.6 is 0 Å². The van der Waals surface area contributed by atoms with Crippen molar-refractivity contribution in [1.82, 2.24) is 0 Å². The SMILES string of the molecule is Cc1cccc(N(c2cccc3c2ccc2ccccc23)c2cc3ccccc3c3ccccc23)c1. The molecule has 0 aliphatic carbocycles. The van der Waals surface area contributed by atoms with Crippen molar-refractivity contribution in [3.63, 3.8) is 0 Å². The van der Waals surface area contributed by atoms with Gasteiger partial charge in [0.15, 0.2) is 0 Å². The van der Waals surface area contributed by atoms with Crippen LogP contribution in [0.4, 0.5) is 17.1 Å². The van der Waals surface area contributed by atoms with E-state index in [0.717, 1.165) is 5.69 Å². The molecule has 36 heavy (non-hydrogen) atoms. The van der Waals surface area contributed by atoms with Gasteiger partial charge in [0.05, 0.1) is 11.4 Å². The van der Waals surface area contributed by atoms with Crippen molar-refractivity contribution in [2.45, 2.75) is 6.92 Å². The second-order valence-corrected chi connectivity index (χ2v) is 9.50. The van der Waals surface area contributed by atoms with Gasteiger partial charge in [-0.1, -0.05) is 109 Å². The second-order valence-electron chi connectivity index (χ2n) is 9.50. The van der Waals surface area contributed by atoms with Gasteiger partial charge in [-0.3, -0.25) is 0 Å². The van der Waals surface area contributed by atoms with E-state index in [4.69, 9.17) is 0 Å². The molecule has 0 aliphatic rings. The standard InChI is InChI=1S/C35H25N/c1-24-10-8-13-27(22-24)36(34-19-9-18-31-28-14-4-2-11-25(28)20-21-33(31)34)35-23-26-12-3-5-15-29(26)30-16-6-7-17-32(30)35/h2-23H,1H3. The molecule has 0 fully saturated rings. The molecular weight excluding hydrogens is 434 g/mol. The van der Waals surface area contributed by atoms with Gasteiger partial charge >= 0.3 is 0 Å². The number of rotatable bonds is 3. The van der Waals surface area contributed by atoms with Crippen LogP contribution in [0.2, 0.25) is 0 Å². The summed E-state index contributed by atoms with van der Waals surface area (Å²) in [5.74, 6) is 0. The fraction of sp³-hybridized carbons (Fsp3) is 0.0286. The molecule has 170 valence electrons. The summed E-state index contributed by atoms with van der Waals surface area (Å²) in [5, 5.41) is 10.1. The highest BCUT2D eigenvalue weighted by Crippen LogP contribution is 2.45. The Morgan fingerprint density at radius 3 is 1.75 bits per heavy atom. The zero-order valence-electron chi connectivity index (χ0n) is 20.1. The number of aryl methyl sites for hydroxylation is 1. The maximum absolute atomic E-state index is 2.44. The minimum atomic E-state index is 1.16. The van der Waals surface area contributed by atoms with Gasteiger partial charge in [-0.05, 0) is 69.1 Å². The van der Waals surface area contributed by atoms with Gasteiger partial charge < -0.3 is 4.90 Å². The van der Waals surface area contributed by atoms with E-state index in [2.05, 4.69) is 145 Å². The van der Waals surface area contributed by atoms with E-state index < -0.39 is 0 Å². The first-order chi connectivity index (χ1) is 17.8. The molecule has 0 aromatic heterocycles. The highest BCUT2D eigenvalue weighted by Gasteiger charge is 2.19. The molecule has 1 nitrogen and oxygen atoms in total. The molecule has 0 radical (unpaired) electrons. The van der Waals surface area contributed by atoms with Crippen molar-refractivity contribution < 1.29 is 0 Å². The first kappa shape index (κ1) is 20.7. The summed E-state index contributed by atoms with van der Waals surface area (Å²) in [4.78, 5) is 2.44. The summed E-state index contributed by atoms with van der Waals surface area (Å²) in [6.45, 7) is 2.16. The lowest BCUT2D eigenvalue weighted by atomic mass is 9.97. The third-order valence-corrected chi connectivity index (χ3v) is 7.25. The van der Waals surface area contributed by atoms with E-state index in [1.165, 1.54) is 60.0 Å². The highest BCUT2D eigenvalue weighted by molar-refractivity contribution is 6.17. The molecule has 0 unspecified atom stereocenters. The van der Waals surface area contributed by atoms with Crippen molar-refractivity contribution in [2.75, 3.05) is 4.90 Å². The molecule has 0 N–H and O–H groups in total. The molecule has 7 rings (SSSR count). The van der Waals surface area contributed by atoms with E-state index in [-0.39, 0.29) is 0 Å². The number of nitrogens with zero attached hydrogens (tertiary/aromatic N) is 1. The number of fused-ring (bicyclic) bond motifs is 6. The van der Waals surface area contributed by atoms with Crippen LogP contribution in [-0.2, 0) is 0 Å². The van der Waals surface area contributed by atoms with Crippen molar-refractivity contribution in [2.24, 2.45) is 0 Å². The van der Waals surface area contributed by atoms with E-state index in [1.807, 2.05) is 0 Å². The normalized spacial score (nSPS) is 11.5. The lowest BCUT2D eigenvalue weighted by Gasteiger charge is -2.29. The monoisotopic (exact) mass is 459 g/mol. The van der Waals surface area contributed by atoms with Crippen LogP contribution in [0, 0.1) is 6.92 Å². The topological polar surface area (TPSA) is 3.24 Å². The predicted molar refractivity (Wildman–Crippen MR) is 156 cm³/mol. The molecule has 0 amide bonds. The minimum absolute atomic E-state index is 1.16. The van der Waals surface area contributed by atoms with E-state index in [9.17, 15) is 0 Å². The third-order valence-electron chi connectivity index (χ3n) is 7.25. The highest BCUT2D eigenvalue weighted by atomic mass is 15.1. The largest absolute Gasteiger partial charge is 0.309 e. The Morgan fingerprint density at radius 2 is 0.972 bits per heavy atom. The molecule has 0 spiro atoms. The fourth-order valence-corrected chi connectivity index (χ4v) is 5.61. The van der Waals surface area contributed by atoms with Crippen LogP contribution < -0.4 is 4.90 Å². The van der Waals surface area contributed by atoms with Gasteiger partial charge in [-0.25, -0.2) is 0 Å². The Kier molecular flexibility index (Phi) is 4.75. The molecular formula is C35H25N. The third kappa shape index (κ3) is 3.25. The van der Waals surface area contributed by atoms with Crippen LogP contribution in [0.25, 0.3) is 43.1 Å². The van der Waals surface area contributed by atoms with Crippen molar-refractivity contribution in [1.29, 1.82) is 0 Å². The summed E-state index contributed by atoms with van der Waals surface area (Å²) in [6, 6.07) is 48.5. The van der Waals surface area contributed by atoms with Gasteiger partial charge in [-0.2, -0.15) is 0 Å². The summed E-state index contributed by atoms with van der Waals surface area (Å²) < 4.78 is 0. The summed E-state index contributed by atoms with van der Waals surface area (Å²) in [6.07, 6.45) is 0. The van der Waals surface area contributed by atoms with Crippen LogP contribution in [0.15, 0.2) is 133 Å². The lowest BCUT2D eigenvalue weighted by Crippen LogP contribution is -2.11. The Labute approximate surface area is 210 Å². The second kappa shape index (κ2) is 8.25. The molecule has 7 aromatic carbocycles. The molecule has 7 aromatic rings.